The predicted molar refractivity (Wildman–Crippen MR) is 136 cm³/mol. The molecule has 3 rings (SSSR count). The fraction of sp³-hybridized carbons (Fsp3) is 0.148. The van der Waals surface area contributed by atoms with Crippen LogP contribution in [0.4, 0.5) is 10.5 Å². The number of hydrogen-bond donors (Lipinski definition) is 1. The van der Waals surface area contributed by atoms with Gasteiger partial charge in [-0.1, -0.05) is 42.5 Å². The van der Waals surface area contributed by atoms with E-state index in [-0.39, 0.29) is 12.5 Å². The highest BCUT2D eigenvalue weighted by Crippen LogP contribution is 2.25. The Morgan fingerprint density at radius 1 is 1.00 bits per heavy atom. The first-order chi connectivity index (χ1) is 17.0. The van der Waals surface area contributed by atoms with Gasteiger partial charge in [0.05, 0.1) is 19.3 Å². The summed E-state index contributed by atoms with van der Waals surface area (Å²) < 4.78 is 11.1. The molecule has 0 heterocycles. The minimum absolute atomic E-state index is 0.0774. The molecule has 0 spiro atoms. The monoisotopic (exact) mass is 472 g/mol. The Bertz CT molecular complexity index is 1160. The maximum absolute atomic E-state index is 12.7. The number of nitrogens with zero attached hydrogens (tertiary/aromatic N) is 3. The molecule has 0 saturated heterocycles. The van der Waals surface area contributed by atoms with Crippen LogP contribution < -0.4 is 14.8 Å². The number of carbonyl (C=O) groups is 2. The molecule has 0 aliphatic heterocycles. The quantitative estimate of drug-likeness (QED) is 0.206. The second-order valence-corrected chi connectivity index (χ2v) is 7.53. The van der Waals surface area contributed by atoms with Crippen molar-refractivity contribution in [3.63, 3.8) is 0 Å². The molecular formula is C27H28N4O4. The number of nitrogens with one attached hydrogen (secondary N) is 1. The van der Waals surface area contributed by atoms with Crippen LogP contribution >= 0.6 is 0 Å². The standard InChI is InChI=1S/C27H28N4O4/c1-4-17-30(2)27(33)29-26(31(20-32)19-21-13-15-23(34-3)16-14-21)28-22-9-8-12-25(18-22)35-24-10-6-5-7-11-24/h4-16,18,20H,1,17,19H2,2-3H3,(H,28,29,33). The summed E-state index contributed by atoms with van der Waals surface area (Å²) in [6, 6.07) is 23.3. The summed E-state index contributed by atoms with van der Waals surface area (Å²) in [5.41, 5.74) is 1.34. The van der Waals surface area contributed by atoms with Crippen molar-refractivity contribution >= 4 is 24.1 Å². The SMILES string of the molecule is C=CCN(C)C(=O)NC(=Nc1cccc(Oc2ccccc2)c1)N(C=O)Cc1ccc(OC)cc1. The van der Waals surface area contributed by atoms with E-state index in [0.717, 1.165) is 5.56 Å². The summed E-state index contributed by atoms with van der Waals surface area (Å²) in [5.74, 6) is 2.03. The lowest BCUT2D eigenvalue weighted by atomic mass is 10.2. The Hall–Kier alpha value is -4.59. The van der Waals surface area contributed by atoms with Crippen LogP contribution in [0, 0.1) is 0 Å². The summed E-state index contributed by atoms with van der Waals surface area (Å²) in [6.45, 7) is 4.18. The molecule has 0 aliphatic carbocycles. The van der Waals surface area contributed by atoms with E-state index < -0.39 is 6.03 Å². The molecule has 0 radical (unpaired) electrons. The number of para-hydroxylation sites is 1. The van der Waals surface area contributed by atoms with Crippen LogP contribution in [0.2, 0.25) is 0 Å². The van der Waals surface area contributed by atoms with Gasteiger partial charge in [-0.3, -0.25) is 15.0 Å². The van der Waals surface area contributed by atoms with Gasteiger partial charge in [-0.05, 0) is 42.0 Å². The lowest BCUT2D eigenvalue weighted by Crippen LogP contribution is -2.47. The number of rotatable bonds is 9. The second kappa shape index (κ2) is 12.6. The van der Waals surface area contributed by atoms with Crippen LogP contribution in [-0.2, 0) is 11.3 Å². The molecule has 0 unspecified atom stereocenters. The summed E-state index contributed by atoms with van der Waals surface area (Å²) >= 11 is 0. The van der Waals surface area contributed by atoms with Crippen molar-refractivity contribution < 1.29 is 19.1 Å². The third kappa shape index (κ3) is 7.46. The normalized spacial score (nSPS) is 10.7. The van der Waals surface area contributed by atoms with E-state index in [9.17, 15) is 9.59 Å². The zero-order valence-electron chi connectivity index (χ0n) is 19.8. The van der Waals surface area contributed by atoms with Gasteiger partial charge >= 0.3 is 6.03 Å². The molecule has 0 aliphatic rings. The fourth-order valence-electron chi connectivity index (χ4n) is 3.08. The molecule has 3 aromatic carbocycles. The van der Waals surface area contributed by atoms with Crippen LogP contribution in [0.25, 0.3) is 0 Å². The van der Waals surface area contributed by atoms with Gasteiger partial charge in [0, 0.05) is 19.7 Å². The highest BCUT2D eigenvalue weighted by Gasteiger charge is 2.17. The predicted octanol–water partition coefficient (Wildman–Crippen LogP) is 4.96. The summed E-state index contributed by atoms with van der Waals surface area (Å²) in [4.78, 5) is 32.1. The van der Waals surface area contributed by atoms with Crippen LogP contribution in [0.1, 0.15) is 5.56 Å². The first kappa shape index (κ1) is 25.0. The lowest BCUT2D eigenvalue weighted by molar-refractivity contribution is -0.115. The molecule has 0 atom stereocenters. The van der Waals surface area contributed by atoms with Gasteiger partial charge in [-0.2, -0.15) is 0 Å². The van der Waals surface area contributed by atoms with Gasteiger partial charge in [0.15, 0.2) is 0 Å². The maximum atomic E-state index is 12.7. The molecule has 0 aromatic heterocycles. The minimum atomic E-state index is -0.429. The number of methoxy groups -OCH3 is 1. The molecule has 0 fully saturated rings. The summed E-state index contributed by atoms with van der Waals surface area (Å²) in [5, 5.41) is 2.73. The van der Waals surface area contributed by atoms with Crippen molar-refractivity contribution in [3.8, 4) is 17.2 Å². The maximum Gasteiger partial charge on any atom is 0.324 e. The fourth-order valence-corrected chi connectivity index (χ4v) is 3.08. The first-order valence-electron chi connectivity index (χ1n) is 10.9. The minimum Gasteiger partial charge on any atom is -0.497 e. The second-order valence-electron chi connectivity index (χ2n) is 7.53. The van der Waals surface area contributed by atoms with Crippen molar-refractivity contribution in [2.24, 2.45) is 4.99 Å². The zero-order chi connectivity index (χ0) is 25.0. The zero-order valence-corrected chi connectivity index (χ0v) is 19.8. The highest BCUT2D eigenvalue weighted by atomic mass is 16.5. The average molecular weight is 473 g/mol. The van der Waals surface area contributed by atoms with Crippen LogP contribution in [0.5, 0.6) is 17.2 Å². The molecule has 180 valence electrons. The molecule has 0 saturated carbocycles. The number of likely N-dealkylation sites (N-methyl/N-ethyl adjacent to an activating group) is 1. The van der Waals surface area contributed by atoms with Gasteiger partial charge in [0.2, 0.25) is 12.4 Å². The van der Waals surface area contributed by atoms with Gasteiger partial charge in [-0.15, -0.1) is 6.58 Å². The molecular weight excluding hydrogens is 444 g/mol. The van der Waals surface area contributed by atoms with Gasteiger partial charge in [0.1, 0.15) is 17.2 Å². The Kier molecular flexibility index (Phi) is 9.01. The van der Waals surface area contributed by atoms with E-state index >= 15 is 0 Å². The van der Waals surface area contributed by atoms with Crippen molar-refractivity contribution in [1.82, 2.24) is 15.1 Å². The molecule has 1 N–H and O–H groups in total. The molecule has 3 amide bonds. The number of hydrogen-bond acceptors (Lipinski definition) is 5. The van der Waals surface area contributed by atoms with Gasteiger partial charge in [0.25, 0.3) is 0 Å². The number of amides is 3. The largest absolute Gasteiger partial charge is 0.497 e. The highest BCUT2D eigenvalue weighted by molar-refractivity contribution is 6.01. The van der Waals surface area contributed by atoms with Gasteiger partial charge in [-0.25, -0.2) is 9.79 Å². The Morgan fingerprint density at radius 3 is 2.37 bits per heavy atom. The van der Waals surface area contributed by atoms with Crippen molar-refractivity contribution in [2.75, 3.05) is 20.7 Å². The third-order valence-corrected chi connectivity index (χ3v) is 4.91. The van der Waals surface area contributed by atoms with Crippen LogP contribution in [0.3, 0.4) is 0 Å². The number of benzene rings is 3. The van der Waals surface area contributed by atoms with Crippen LogP contribution in [-0.4, -0.2) is 48.9 Å². The Morgan fingerprint density at radius 2 is 1.71 bits per heavy atom. The number of aliphatic imine (C=N–C) groups is 1. The average Bonchev–Trinajstić information content (AvgIpc) is 2.88. The number of carbonyl (C=O) groups excluding carboxylic acids is 2. The summed E-state index contributed by atoms with van der Waals surface area (Å²) in [7, 11) is 3.21. The van der Waals surface area contributed by atoms with Crippen molar-refractivity contribution in [3.05, 3.63) is 97.1 Å². The van der Waals surface area contributed by atoms with E-state index in [1.54, 1.807) is 56.6 Å². The number of guanidine groups is 1. The topological polar surface area (TPSA) is 83.5 Å². The molecule has 35 heavy (non-hydrogen) atoms. The summed E-state index contributed by atoms with van der Waals surface area (Å²) in [6.07, 6.45) is 2.23. The van der Waals surface area contributed by atoms with Crippen molar-refractivity contribution in [2.45, 2.75) is 6.54 Å². The van der Waals surface area contributed by atoms with E-state index in [1.165, 1.54) is 9.80 Å². The van der Waals surface area contributed by atoms with E-state index in [1.807, 2.05) is 42.5 Å². The van der Waals surface area contributed by atoms with Gasteiger partial charge < -0.3 is 14.4 Å². The van der Waals surface area contributed by atoms with E-state index in [4.69, 9.17) is 9.47 Å². The Balaban J connectivity index is 1.90. The van der Waals surface area contributed by atoms with Crippen LogP contribution in [0.15, 0.2) is 96.5 Å². The molecule has 8 nitrogen and oxygen atoms in total. The Labute approximate surface area is 205 Å². The number of urea groups is 1. The number of ether oxygens (including phenoxy) is 2. The smallest absolute Gasteiger partial charge is 0.324 e. The molecule has 3 aromatic rings. The van der Waals surface area contributed by atoms with Crippen molar-refractivity contribution in [1.29, 1.82) is 0 Å². The first-order valence-corrected chi connectivity index (χ1v) is 10.9. The third-order valence-electron chi connectivity index (χ3n) is 4.91. The molecule has 8 heteroatoms. The molecule has 0 bridgehead atoms. The van der Waals surface area contributed by atoms with E-state index in [0.29, 0.717) is 35.9 Å². The van der Waals surface area contributed by atoms with E-state index in [2.05, 4.69) is 16.9 Å². The lowest BCUT2D eigenvalue weighted by Gasteiger charge is -2.23.